The van der Waals surface area contributed by atoms with Crippen molar-refractivity contribution in [2.24, 2.45) is 16.5 Å². The molecule has 1 heterocycles. The lowest BCUT2D eigenvalue weighted by molar-refractivity contribution is 0.149. The van der Waals surface area contributed by atoms with Crippen molar-refractivity contribution in [3.05, 3.63) is 29.6 Å². The second-order valence-electron chi connectivity index (χ2n) is 6.32. The number of ether oxygens (including phenoxy) is 1. The quantitative estimate of drug-likeness (QED) is 0.545. The Kier molecular flexibility index (Phi) is 6.60. The van der Waals surface area contributed by atoms with Crippen molar-refractivity contribution in [1.82, 2.24) is 4.31 Å². The van der Waals surface area contributed by atoms with Gasteiger partial charge in [-0.3, -0.25) is 0 Å². The molecular formula is C16H24FN5O4S. The lowest BCUT2D eigenvalue weighted by atomic mass is 10.1. The summed E-state index contributed by atoms with van der Waals surface area (Å²) in [5.74, 6) is -0.974. The Bertz CT molecular complexity index is 816. The number of hydrogen-bond acceptors (Lipinski definition) is 5. The van der Waals surface area contributed by atoms with Crippen LogP contribution in [0.15, 0.2) is 23.2 Å². The molecule has 0 atom stereocenters. The first-order valence-electron chi connectivity index (χ1n) is 8.40. The van der Waals surface area contributed by atoms with E-state index in [1.54, 1.807) is 30.9 Å². The van der Waals surface area contributed by atoms with Gasteiger partial charge in [-0.2, -0.15) is 4.31 Å². The number of rotatable bonds is 5. The molecule has 1 aliphatic heterocycles. The Labute approximate surface area is 157 Å². The fourth-order valence-electron chi connectivity index (χ4n) is 2.68. The number of aliphatic imine (C=N–C) groups is 1. The van der Waals surface area contributed by atoms with Gasteiger partial charge in [0.15, 0.2) is 11.8 Å². The van der Waals surface area contributed by atoms with Crippen molar-refractivity contribution in [2.45, 2.75) is 25.7 Å². The summed E-state index contributed by atoms with van der Waals surface area (Å²) in [7, 11) is -3.33. The number of amides is 1. The Hall–Kier alpha value is -2.40. The second kappa shape index (κ2) is 8.53. The van der Waals surface area contributed by atoms with Crippen molar-refractivity contribution in [1.29, 1.82) is 0 Å². The van der Waals surface area contributed by atoms with Crippen LogP contribution in [0.3, 0.4) is 0 Å². The van der Waals surface area contributed by atoms with Crippen LogP contribution >= 0.6 is 0 Å². The number of sulfonamides is 1. The fraction of sp³-hybridized carbons (Fsp3) is 0.500. The van der Waals surface area contributed by atoms with Gasteiger partial charge in [-0.15, -0.1) is 4.99 Å². The summed E-state index contributed by atoms with van der Waals surface area (Å²) in [6.45, 7) is 4.23. The monoisotopic (exact) mass is 401 g/mol. The van der Waals surface area contributed by atoms with Crippen molar-refractivity contribution >= 4 is 27.8 Å². The molecule has 9 nitrogen and oxygen atoms in total. The third-order valence-electron chi connectivity index (χ3n) is 4.16. The van der Waals surface area contributed by atoms with E-state index in [1.165, 1.54) is 10.4 Å². The molecule has 0 saturated carbocycles. The predicted molar refractivity (Wildman–Crippen MR) is 100 cm³/mol. The molecular weight excluding hydrogens is 377 g/mol. The molecule has 4 N–H and O–H groups in total. The first-order valence-corrected chi connectivity index (χ1v) is 9.91. The summed E-state index contributed by atoms with van der Waals surface area (Å²) in [6.07, 6.45) is -1.01. The first kappa shape index (κ1) is 20.9. The minimum absolute atomic E-state index is 0.170. The Morgan fingerprint density at radius 2 is 1.89 bits per heavy atom. The van der Waals surface area contributed by atoms with Gasteiger partial charge in [-0.25, -0.2) is 17.6 Å². The maximum Gasteiger partial charge on any atom is 0.437 e. The smallest absolute Gasteiger partial charge is 0.437 e. The molecule has 11 heteroatoms. The third-order valence-corrected chi connectivity index (χ3v) is 6.44. The molecule has 1 aliphatic rings. The molecule has 1 aromatic carbocycles. The fourth-order valence-corrected chi connectivity index (χ4v) is 3.95. The number of carbonyl (C=O) groups is 1. The van der Waals surface area contributed by atoms with E-state index in [1.807, 2.05) is 0 Å². The van der Waals surface area contributed by atoms with Gasteiger partial charge in [0.05, 0.1) is 10.9 Å². The van der Waals surface area contributed by atoms with Crippen molar-refractivity contribution in [3.63, 3.8) is 0 Å². The summed E-state index contributed by atoms with van der Waals surface area (Å²) in [6, 6.07) is 4.73. The molecule has 0 unspecified atom stereocenters. The minimum atomic E-state index is -3.33. The maximum atomic E-state index is 14.8. The van der Waals surface area contributed by atoms with Crippen molar-refractivity contribution < 1.29 is 22.3 Å². The molecule has 0 spiro atoms. The number of nitrogens with zero attached hydrogens (tertiary/aromatic N) is 3. The number of piperazine rings is 1. The molecule has 0 radical (unpaired) electrons. The second-order valence-corrected chi connectivity index (χ2v) is 8.81. The van der Waals surface area contributed by atoms with Gasteiger partial charge in [0, 0.05) is 31.7 Å². The van der Waals surface area contributed by atoms with E-state index in [-0.39, 0.29) is 25.3 Å². The zero-order chi connectivity index (χ0) is 20.2. The van der Waals surface area contributed by atoms with Gasteiger partial charge >= 0.3 is 6.09 Å². The standard InChI is InChI=1S/C16H24FN5O4S/c1-11(2)27(24,25)22-8-6-21(7-9-22)13-5-3-4-12(14(13)17)10-26-16(23)20-15(18)19/h3-5,11H,6-10H2,1-2H3,(H4,18,19,20,23). The molecule has 27 heavy (non-hydrogen) atoms. The predicted octanol–water partition coefficient (Wildman–Crippen LogP) is 0.596. The van der Waals surface area contributed by atoms with Crippen LogP contribution in [0.1, 0.15) is 19.4 Å². The highest BCUT2D eigenvalue weighted by Gasteiger charge is 2.30. The van der Waals surface area contributed by atoms with Gasteiger partial charge in [-0.1, -0.05) is 12.1 Å². The lowest BCUT2D eigenvalue weighted by Crippen LogP contribution is -2.50. The number of anilines is 1. The summed E-state index contributed by atoms with van der Waals surface area (Å²) in [5, 5.41) is -0.496. The van der Waals surface area contributed by atoms with Crippen LogP contribution in [0.2, 0.25) is 0 Å². The minimum Gasteiger partial charge on any atom is -0.443 e. The van der Waals surface area contributed by atoms with E-state index in [0.29, 0.717) is 18.8 Å². The molecule has 1 aromatic rings. The topological polar surface area (TPSA) is 131 Å². The first-order chi connectivity index (χ1) is 12.6. The molecule has 0 bridgehead atoms. The van der Waals surface area contributed by atoms with Crippen LogP contribution in [-0.2, 0) is 21.4 Å². The summed E-state index contributed by atoms with van der Waals surface area (Å²) >= 11 is 0. The SMILES string of the molecule is CC(C)S(=O)(=O)N1CCN(c2cccc(COC(=O)N=C(N)N)c2F)CC1. The largest absolute Gasteiger partial charge is 0.443 e. The van der Waals surface area contributed by atoms with Crippen LogP contribution in [0.25, 0.3) is 0 Å². The third kappa shape index (κ3) is 5.07. The average Bonchev–Trinajstić information content (AvgIpc) is 2.60. The van der Waals surface area contributed by atoms with E-state index in [4.69, 9.17) is 16.2 Å². The van der Waals surface area contributed by atoms with Crippen LogP contribution in [0, 0.1) is 5.82 Å². The molecule has 1 saturated heterocycles. The maximum absolute atomic E-state index is 14.8. The van der Waals surface area contributed by atoms with Gasteiger partial charge in [0.25, 0.3) is 0 Å². The van der Waals surface area contributed by atoms with E-state index >= 15 is 0 Å². The molecule has 1 amide bonds. The Balaban J connectivity index is 2.06. The average molecular weight is 401 g/mol. The van der Waals surface area contributed by atoms with Crippen LogP contribution in [0.5, 0.6) is 0 Å². The van der Waals surface area contributed by atoms with Gasteiger partial charge in [-0.05, 0) is 19.9 Å². The van der Waals surface area contributed by atoms with E-state index in [0.717, 1.165) is 0 Å². The normalized spacial score (nSPS) is 15.6. The van der Waals surface area contributed by atoms with E-state index in [2.05, 4.69) is 4.99 Å². The van der Waals surface area contributed by atoms with Crippen LogP contribution in [-0.4, -0.2) is 56.2 Å². The number of hydrogen-bond donors (Lipinski definition) is 2. The Morgan fingerprint density at radius 3 is 2.44 bits per heavy atom. The van der Waals surface area contributed by atoms with Crippen LogP contribution in [0.4, 0.5) is 14.9 Å². The summed E-state index contributed by atoms with van der Waals surface area (Å²) in [4.78, 5) is 16.3. The van der Waals surface area contributed by atoms with Gasteiger partial charge < -0.3 is 21.1 Å². The lowest BCUT2D eigenvalue weighted by Gasteiger charge is -2.36. The number of halogens is 1. The number of carbonyl (C=O) groups excluding carboxylic acids is 1. The number of guanidine groups is 1. The molecule has 2 rings (SSSR count). The Morgan fingerprint density at radius 1 is 1.26 bits per heavy atom. The van der Waals surface area contributed by atoms with Crippen molar-refractivity contribution in [3.8, 4) is 0 Å². The molecule has 0 aromatic heterocycles. The zero-order valence-electron chi connectivity index (χ0n) is 15.3. The molecule has 0 aliphatic carbocycles. The number of nitrogens with two attached hydrogens (primary N) is 2. The van der Waals surface area contributed by atoms with Gasteiger partial charge in [0.1, 0.15) is 6.61 Å². The van der Waals surface area contributed by atoms with E-state index < -0.39 is 33.1 Å². The summed E-state index contributed by atoms with van der Waals surface area (Å²) in [5.41, 5.74) is 10.6. The summed E-state index contributed by atoms with van der Waals surface area (Å²) < 4.78 is 45.5. The molecule has 1 fully saturated rings. The highest BCUT2D eigenvalue weighted by Crippen LogP contribution is 2.25. The van der Waals surface area contributed by atoms with Crippen LogP contribution < -0.4 is 16.4 Å². The molecule has 150 valence electrons. The highest BCUT2D eigenvalue weighted by atomic mass is 32.2. The van der Waals surface area contributed by atoms with Gasteiger partial charge in [0.2, 0.25) is 10.0 Å². The van der Waals surface area contributed by atoms with E-state index in [9.17, 15) is 17.6 Å². The zero-order valence-corrected chi connectivity index (χ0v) is 16.1. The van der Waals surface area contributed by atoms with Crippen molar-refractivity contribution in [2.75, 3.05) is 31.1 Å². The number of benzene rings is 1. The highest BCUT2D eigenvalue weighted by molar-refractivity contribution is 7.89.